The van der Waals surface area contributed by atoms with Crippen LogP contribution in [-0.4, -0.2) is 85.6 Å². The van der Waals surface area contributed by atoms with Gasteiger partial charge in [-0.15, -0.1) is 0 Å². The van der Waals surface area contributed by atoms with E-state index in [0.29, 0.717) is 79.9 Å². The molecule has 5 heterocycles. The second-order valence-corrected chi connectivity index (χ2v) is 14.0. The number of hydrogen-bond donors (Lipinski definition) is 2. The van der Waals surface area contributed by atoms with E-state index in [1.54, 1.807) is 4.90 Å². The predicted molar refractivity (Wildman–Crippen MR) is 187 cm³/mol. The molecule has 3 aromatic carbocycles. The largest absolute Gasteiger partial charge is 0.481 e. The molecule has 3 aliphatic rings. The predicted octanol–water partition coefficient (Wildman–Crippen LogP) is 5.12. The van der Waals surface area contributed by atoms with Crippen LogP contribution in [-0.2, 0) is 29.2 Å². The zero-order valence-electron chi connectivity index (χ0n) is 28.6. The molecule has 2 atom stereocenters. The van der Waals surface area contributed by atoms with Crippen molar-refractivity contribution in [2.24, 2.45) is 5.92 Å². The molecule has 5 aromatic rings. The molecule has 0 spiro atoms. The highest BCUT2D eigenvalue weighted by molar-refractivity contribution is 5.85. The minimum Gasteiger partial charge on any atom is -0.481 e. The van der Waals surface area contributed by atoms with Crippen molar-refractivity contribution in [2.45, 2.75) is 52.4 Å². The Hall–Kier alpha value is -5.35. The van der Waals surface area contributed by atoms with E-state index in [0.717, 1.165) is 57.6 Å². The average molecular weight is 687 g/mol. The summed E-state index contributed by atoms with van der Waals surface area (Å²) in [7, 11) is 0. The van der Waals surface area contributed by atoms with Crippen LogP contribution in [0, 0.1) is 31.1 Å². The van der Waals surface area contributed by atoms with Crippen LogP contribution in [0.2, 0.25) is 0 Å². The first kappa shape index (κ1) is 32.8. The molecule has 2 aromatic heterocycles. The highest BCUT2D eigenvalue weighted by Crippen LogP contribution is 2.39. The van der Waals surface area contributed by atoms with Crippen molar-refractivity contribution >= 4 is 23.0 Å². The quantitative estimate of drug-likeness (QED) is 0.223. The van der Waals surface area contributed by atoms with Gasteiger partial charge in [-0.2, -0.15) is 5.26 Å². The lowest BCUT2D eigenvalue weighted by Crippen LogP contribution is -2.37. The van der Waals surface area contributed by atoms with Crippen LogP contribution < -0.4 is 0 Å². The van der Waals surface area contributed by atoms with Gasteiger partial charge in [0.25, 0.3) is 0 Å². The van der Waals surface area contributed by atoms with E-state index in [1.165, 1.54) is 0 Å². The Morgan fingerprint density at radius 3 is 2.22 bits per heavy atom. The fourth-order valence-electron chi connectivity index (χ4n) is 7.71. The molecule has 51 heavy (non-hydrogen) atoms. The molecule has 12 heteroatoms. The number of carboxylic acids is 1. The molecule has 2 fully saturated rings. The molecule has 0 bridgehead atoms. The highest BCUT2D eigenvalue weighted by Gasteiger charge is 2.33. The number of hydrogen-bond acceptors (Lipinski definition) is 10. The third-order valence-corrected chi connectivity index (χ3v) is 10.5. The summed E-state index contributed by atoms with van der Waals surface area (Å²) >= 11 is 0. The number of amides is 1. The number of nitriles is 1. The summed E-state index contributed by atoms with van der Waals surface area (Å²) in [4.78, 5) is 39.8. The Morgan fingerprint density at radius 1 is 0.902 bits per heavy atom. The number of rotatable bonds is 8. The van der Waals surface area contributed by atoms with Crippen LogP contribution in [0.1, 0.15) is 46.5 Å². The number of likely N-dealkylation sites (tertiary alicyclic amines) is 2. The van der Waals surface area contributed by atoms with E-state index in [-0.39, 0.29) is 18.6 Å². The zero-order valence-corrected chi connectivity index (χ0v) is 28.6. The molecular formula is C39H38N6O6. The van der Waals surface area contributed by atoms with Gasteiger partial charge in [0.1, 0.15) is 23.0 Å². The van der Waals surface area contributed by atoms with E-state index >= 15 is 0 Å². The van der Waals surface area contributed by atoms with Gasteiger partial charge in [-0.3, -0.25) is 19.4 Å². The molecule has 0 unspecified atom stereocenters. The number of oxazole rings is 2. The maximum atomic E-state index is 13.0. The van der Waals surface area contributed by atoms with Gasteiger partial charge in [0, 0.05) is 37.3 Å². The first-order valence-corrected chi connectivity index (χ1v) is 17.3. The van der Waals surface area contributed by atoms with Crippen LogP contribution >= 0.6 is 0 Å². The zero-order chi connectivity index (χ0) is 35.4. The van der Waals surface area contributed by atoms with Gasteiger partial charge in [0.15, 0.2) is 5.58 Å². The molecule has 2 saturated heterocycles. The lowest BCUT2D eigenvalue weighted by Gasteiger charge is -2.20. The molecule has 8 rings (SSSR count). The van der Waals surface area contributed by atoms with Crippen LogP contribution in [0.5, 0.6) is 0 Å². The van der Waals surface area contributed by atoms with Gasteiger partial charge < -0.3 is 23.9 Å². The maximum Gasteiger partial charge on any atom is 0.307 e. The number of carbonyl (C=O) groups excluding carboxylic acids is 1. The second kappa shape index (κ2) is 13.1. The Balaban J connectivity index is 1.02. The standard InChI is InChI=1S/C39H38N6O6/c1-22-28(5-3-7-30(22)37-42-33-19-45(20-34(33)50-37)35(47)21-44-11-9-25(17-44)39(48)49)29-6-4-8-31(23(29)2)38-41-32-14-24(13-26(15-40)36(32)51-38)16-43-12-10-27(46)18-43/h3-8,13-14,25,27,46H,9-12,16-21H2,1-2H3,(H,48,49)/t25-,27-/m1/s1. The van der Waals surface area contributed by atoms with Gasteiger partial charge in [-0.1, -0.05) is 24.3 Å². The fourth-order valence-corrected chi connectivity index (χ4v) is 7.71. The Labute approximate surface area is 294 Å². The first-order chi connectivity index (χ1) is 24.6. The summed E-state index contributed by atoms with van der Waals surface area (Å²) in [5, 5.41) is 29.2. The van der Waals surface area contributed by atoms with E-state index in [1.807, 2.05) is 55.1 Å². The number of aliphatic hydroxyl groups is 1. The fraction of sp³-hybridized carbons (Fsp3) is 0.359. The van der Waals surface area contributed by atoms with Gasteiger partial charge in [0.05, 0.1) is 37.2 Å². The van der Waals surface area contributed by atoms with E-state index in [4.69, 9.17) is 18.8 Å². The lowest BCUT2D eigenvalue weighted by atomic mass is 9.91. The average Bonchev–Trinajstić information content (AvgIpc) is 3.94. The van der Waals surface area contributed by atoms with Crippen LogP contribution in [0.4, 0.5) is 0 Å². The van der Waals surface area contributed by atoms with Crippen molar-refractivity contribution < 1.29 is 28.6 Å². The Morgan fingerprint density at radius 2 is 1.59 bits per heavy atom. The van der Waals surface area contributed by atoms with E-state index < -0.39 is 11.9 Å². The lowest BCUT2D eigenvalue weighted by molar-refractivity contribution is -0.141. The minimum atomic E-state index is -0.812. The molecule has 3 aliphatic heterocycles. The van der Waals surface area contributed by atoms with Crippen LogP contribution in [0.3, 0.4) is 0 Å². The van der Waals surface area contributed by atoms with Gasteiger partial charge in [-0.05, 0) is 85.3 Å². The topological polar surface area (TPSA) is 160 Å². The van der Waals surface area contributed by atoms with Crippen molar-refractivity contribution in [3.8, 4) is 40.1 Å². The number of aliphatic carboxylic acids is 1. The molecule has 1 amide bonds. The number of carbonyl (C=O) groups is 2. The highest BCUT2D eigenvalue weighted by atomic mass is 16.4. The van der Waals surface area contributed by atoms with Gasteiger partial charge in [-0.25, -0.2) is 9.97 Å². The molecule has 0 aliphatic carbocycles. The van der Waals surface area contributed by atoms with Crippen molar-refractivity contribution in [2.75, 3.05) is 32.7 Å². The second-order valence-electron chi connectivity index (χ2n) is 14.0. The number of carboxylic acid groups (broad SMARTS) is 1. The van der Waals surface area contributed by atoms with Gasteiger partial charge >= 0.3 is 5.97 Å². The smallest absolute Gasteiger partial charge is 0.307 e. The number of β-amino-alcohol motifs (C(OH)–C–C–N with tert-alkyl or cyclic N) is 1. The van der Waals surface area contributed by atoms with Crippen LogP contribution in [0.15, 0.2) is 57.4 Å². The number of aromatic nitrogens is 2. The Bertz CT molecular complexity index is 2210. The third-order valence-electron chi connectivity index (χ3n) is 10.5. The van der Waals surface area contributed by atoms with Crippen molar-refractivity contribution in [1.29, 1.82) is 5.26 Å². The SMILES string of the molecule is Cc1c(-c2nc3c(o2)CN(C(=O)CN2CC[C@@H](C(=O)O)C2)C3)cccc1-c1cccc(-c2nc3cc(CN4CC[C@@H](O)C4)cc(C#N)c3o2)c1C. The molecule has 12 nitrogen and oxygen atoms in total. The molecule has 2 N–H and O–H groups in total. The minimum absolute atomic E-state index is 0.0598. The summed E-state index contributed by atoms with van der Waals surface area (Å²) in [6.07, 6.45) is 0.994. The summed E-state index contributed by atoms with van der Waals surface area (Å²) in [6, 6.07) is 18.1. The normalized spacial score (nSPS) is 19.2. The summed E-state index contributed by atoms with van der Waals surface area (Å²) in [5.74, 6) is 0.323. The number of aliphatic hydroxyl groups excluding tert-OH is 1. The number of benzene rings is 3. The van der Waals surface area contributed by atoms with E-state index in [9.17, 15) is 25.1 Å². The van der Waals surface area contributed by atoms with Crippen LogP contribution in [0.25, 0.3) is 45.1 Å². The first-order valence-electron chi connectivity index (χ1n) is 17.3. The monoisotopic (exact) mass is 686 g/mol. The molecular weight excluding hydrogens is 648 g/mol. The van der Waals surface area contributed by atoms with Gasteiger partial charge in [0.2, 0.25) is 17.7 Å². The molecule has 0 saturated carbocycles. The van der Waals surface area contributed by atoms with E-state index in [2.05, 4.69) is 23.1 Å². The van der Waals surface area contributed by atoms with Crippen molar-refractivity contribution in [1.82, 2.24) is 24.7 Å². The summed E-state index contributed by atoms with van der Waals surface area (Å²) in [6.45, 7) is 8.01. The third kappa shape index (κ3) is 6.18. The maximum absolute atomic E-state index is 13.0. The number of nitrogens with zero attached hydrogens (tertiary/aromatic N) is 6. The summed E-state index contributed by atoms with van der Waals surface area (Å²) < 4.78 is 12.5. The number of fused-ring (bicyclic) bond motifs is 2. The molecule has 260 valence electrons. The molecule has 0 radical (unpaired) electrons. The van der Waals surface area contributed by atoms with Crippen molar-refractivity contribution in [3.63, 3.8) is 0 Å². The summed E-state index contributed by atoms with van der Waals surface area (Å²) in [5.41, 5.74) is 8.89. The van der Waals surface area contributed by atoms with Crippen molar-refractivity contribution in [3.05, 3.63) is 82.2 Å². The Kier molecular flexibility index (Phi) is 8.42.